The first-order chi connectivity index (χ1) is 11.1. The Morgan fingerprint density at radius 2 is 2.39 bits per heavy atom. The van der Waals surface area contributed by atoms with Crippen LogP contribution in [0.15, 0.2) is 30.9 Å². The minimum atomic E-state index is -0.254. The van der Waals surface area contributed by atoms with Gasteiger partial charge in [-0.05, 0) is 24.8 Å². The van der Waals surface area contributed by atoms with Crippen LogP contribution in [0.1, 0.15) is 36.4 Å². The maximum Gasteiger partial charge on any atom is 0.108 e. The Labute approximate surface area is 134 Å². The molecule has 1 aliphatic carbocycles. The van der Waals surface area contributed by atoms with E-state index in [2.05, 4.69) is 16.2 Å². The number of aromatic amines is 1. The van der Waals surface area contributed by atoms with Crippen LogP contribution < -0.4 is 11.5 Å². The summed E-state index contributed by atoms with van der Waals surface area (Å²) >= 11 is 0. The monoisotopic (exact) mass is 312 g/mol. The smallest absolute Gasteiger partial charge is 0.108 e. The van der Waals surface area contributed by atoms with Crippen LogP contribution in [-0.2, 0) is 0 Å². The second-order valence-corrected chi connectivity index (χ2v) is 5.91. The number of nitrogens with two attached hydrogens (primary N) is 2. The van der Waals surface area contributed by atoms with Crippen LogP contribution in [0.2, 0.25) is 0 Å². The van der Waals surface area contributed by atoms with Crippen LogP contribution in [0.25, 0.3) is 5.57 Å². The van der Waals surface area contributed by atoms with E-state index in [1.807, 2.05) is 12.3 Å². The van der Waals surface area contributed by atoms with Crippen molar-refractivity contribution in [3.63, 3.8) is 0 Å². The molecular weight excluding hydrogens is 292 g/mol. The minimum absolute atomic E-state index is 0.0280. The first-order valence-corrected chi connectivity index (χ1v) is 7.58. The molecule has 0 spiro atoms. The van der Waals surface area contributed by atoms with E-state index in [0.29, 0.717) is 25.1 Å². The second-order valence-electron chi connectivity index (χ2n) is 5.91. The molecule has 0 saturated heterocycles. The van der Waals surface area contributed by atoms with Gasteiger partial charge in [-0.1, -0.05) is 0 Å². The predicted molar refractivity (Wildman–Crippen MR) is 86.7 cm³/mol. The van der Waals surface area contributed by atoms with Crippen molar-refractivity contribution in [2.24, 2.45) is 11.7 Å². The quantitative estimate of drug-likeness (QED) is 0.662. The summed E-state index contributed by atoms with van der Waals surface area (Å²) < 4.78 is 1.81. The van der Waals surface area contributed by atoms with Crippen LogP contribution in [0.4, 0.5) is 5.82 Å². The molecule has 7 heteroatoms. The molecule has 0 amide bonds. The number of aromatic nitrogens is 3. The van der Waals surface area contributed by atoms with Crippen molar-refractivity contribution in [3.05, 3.63) is 42.0 Å². The zero-order valence-electron chi connectivity index (χ0n) is 12.7. The van der Waals surface area contributed by atoms with Crippen molar-refractivity contribution < 1.29 is 5.11 Å². The predicted octanol–water partition coefficient (Wildman–Crippen LogP) is 1.37. The van der Waals surface area contributed by atoms with E-state index in [1.54, 1.807) is 17.1 Å². The highest BCUT2D eigenvalue weighted by atomic mass is 16.3. The molecule has 6 N–H and O–H groups in total. The third-order valence-corrected chi connectivity index (χ3v) is 4.48. The summed E-state index contributed by atoms with van der Waals surface area (Å²) in [6.07, 6.45) is 8.42. The standard InChI is InChI=1S/C16H20N6O/c17-3-1-15(10-5-12(23)6-10)22-9-11(8-21-22)14(7-18)13-2-4-20-16(13)19/h2,4,7-10,12,15,20,23H,1,5-6,18-19H2/b14-7-. The molecule has 23 heavy (non-hydrogen) atoms. The van der Waals surface area contributed by atoms with E-state index in [1.165, 1.54) is 6.20 Å². The summed E-state index contributed by atoms with van der Waals surface area (Å²) in [5, 5.41) is 23.0. The first-order valence-electron chi connectivity index (χ1n) is 7.58. The molecule has 1 saturated carbocycles. The number of nitrogens with zero attached hydrogens (tertiary/aromatic N) is 3. The summed E-state index contributed by atoms with van der Waals surface area (Å²) in [7, 11) is 0. The molecule has 2 aromatic heterocycles. The fraction of sp³-hybridized carbons (Fsp3) is 0.375. The number of hydrogen-bond donors (Lipinski definition) is 4. The van der Waals surface area contributed by atoms with Gasteiger partial charge in [0.25, 0.3) is 0 Å². The number of aliphatic hydroxyl groups is 1. The van der Waals surface area contributed by atoms with Gasteiger partial charge in [-0.15, -0.1) is 0 Å². The number of nitriles is 1. The Hall–Kier alpha value is -2.72. The van der Waals surface area contributed by atoms with Crippen LogP contribution in [0, 0.1) is 17.2 Å². The van der Waals surface area contributed by atoms with Gasteiger partial charge < -0.3 is 21.6 Å². The molecule has 2 heterocycles. The lowest BCUT2D eigenvalue weighted by molar-refractivity contribution is 0.0155. The third kappa shape index (κ3) is 2.81. The van der Waals surface area contributed by atoms with Crippen molar-refractivity contribution in [1.82, 2.24) is 14.8 Å². The number of aliphatic hydroxyl groups excluding tert-OH is 1. The Balaban J connectivity index is 1.87. The van der Waals surface area contributed by atoms with Gasteiger partial charge in [-0.2, -0.15) is 10.4 Å². The average Bonchev–Trinajstić information content (AvgIpc) is 3.13. The highest BCUT2D eigenvalue weighted by Gasteiger charge is 2.35. The molecule has 0 aliphatic heterocycles. The van der Waals surface area contributed by atoms with E-state index >= 15 is 0 Å². The normalized spacial score (nSPS) is 22.3. The van der Waals surface area contributed by atoms with Crippen LogP contribution >= 0.6 is 0 Å². The number of hydrogen-bond acceptors (Lipinski definition) is 5. The first kappa shape index (κ1) is 15.2. The van der Waals surface area contributed by atoms with Crippen molar-refractivity contribution in [1.29, 1.82) is 5.26 Å². The lowest BCUT2D eigenvalue weighted by Gasteiger charge is -2.36. The second kappa shape index (κ2) is 6.18. The average molecular weight is 312 g/mol. The highest BCUT2D eigenvalue weighted by Crippen LogP contribution is 2.38. The van der Waals surface area contributed by atoms with Gasteiger partial charge >= 0.3 is 0 Å². The summed E-state index contributed by atoms with van der Waals surface area (Å²) in [6.45, 7) is 0. The molecule has 1 fully saturated rings. The maximum atomic E-state index is 9.51. The van der Waals surface area contributed by atoms with Gasteiger partial charge in [0.1, 0.15) is 5.82 Å². The summed E-state index contributed by atoms with van der Waals surface area (Å²) in [4.78, 5) is 2.93. The van der Waals surface area contributed by atoms with Crippen molar-refractivity contribution in [2.45, 2.75) is 31.4 Å². The fourth-order valence-corrected chi connectivity index (χ4v) is 3.13. The van der Waals surface area contributed by atoms with E-state index < -0.39 is 0 Å². The van der Waals surface area contributed by atoms with Gasteiger partial charge in [0, 0.05) is 35.3 Å². The maximum absolute atomic E-state index is 9.51. The fourth-order valence-electron chi connectivity index (χ4n) is 3.13. The molecule has 0 radical (unpaired) electrons. The molecule has 2 aromatic rings. The Morgan fingerprint density at radius 1 is 1.61 bits per heavy atom. The van der Waals surface area contributed by atoms with E-state index in [4.69, 9.17) is 16.7 Å². The molecule has 0 bridgehead atoms. The zero-order chi connectivity index (χ0) is 16.4. The Kier molecular flexibility index (Phi) is 4.08. The van der Waals surface area contributed by atoms with Crippen LogP contribution in [0.3, 0.4) is 0 Å². The van der Waals surface area contributed by atoms with E-state index in [-0.39, 0.29) is 18.1 Å². The van der Waals surface area contributed by atoms with Crippen LogP contribution in [0.5, 0.6) is 0 Å². The minimum Gasteiger partial charge on any atom is -0.404 e. The Bertz CT molecular complexity index is 747. The molecule has 3 rings (SSSR count). The van der Waals surface area contributed by atoms with E-state index in [9.17, 15) is 5.11 Å². The molecule has 7 nitrogen and oxygen atoms in total. The number of rotatable bonds is 5. The van der Waals surface area contributed by atoms with Gasteiger partial charge in [0.05, 0.1) is 30.8 Å². The third-order valence-electron chi connectivity index (χ3n) is 4.48. The van der Waals surface area contributed by atoms with Crippen LogP contribution in [-0.4, -0.2) is 26.0 Å². The number of nitrogen functional groups attached to an aromatic ring is 1. The van der Waals surface area contributed by atoms with Gasteiger partial charge in [-0.25, -0.2) is 0 Å². The summed E-state index contributed by atoms with van der Waals surface area (Å²) in [5.74, 6) is 0.824. The lowest BCUT2D eigenvalue weighted by atomic mass is 9.76. The Morgan fingerprint density at radius 3 is 2.96 bits per heavy atom. The SMILES string of the molecule is N#CCC(C1CC(O)C1)n1cc(/C(=C/N)c2cc[nH]c2N)cn1. The molecule has 120 valence electrons. The molecular formula is C16H20N6O. The highest BCUT2D eigenvalue weighted by molar-refractivity contribution is 5.83. The van der Waals surface area contributed by atoms with Gasteiger partial charge in [0.2, 0.25) is 0 Å². The van der Waals surface area contributed by atoms with Gasteiger partial charge in [0.15, 0.2) is 0 Å². The van der Waals surface area contributed by atoms with Crippen molar-refractivity contribution in [2.75, 3.05) is 5.73 Å². The van der Waals surface area contributed by atoms with Crippen molar-refractivity contribution >= 4 is 11.4 Å². The van der Waals surface area contributed by atoms with Gasteiger partial charge in [-0.3, -0.25) is 4.68 Å². The molecule has 1 atom stereocenters. The molecule has 1 aliphatic rings. The zero-order valence-corrected chi connectivity index (χ0v) is 12.7. The number of H-pyrrole nitrogens is 1. The topological polar surface area (TPSA) is 130 Å². The summed E-state index contributed by atoms with van der Waals surface area (Å²) in [6, 6.07) is 4.05. The largest absolute Gasteiger partial charge is 0.404 e. The summed E-state index contributed by atoms with van der Waals surface area (Å²) in [5.41, 5.74) is 14.1. The lowest BCUT2D eigenvalue weighted by Crippen LogP contribution is -2.35. The van der Waals surface area contributed by atoms with E-state index in [0.717, 1.165) is 16.7 Å². The number of nitrogens with one attached hydrogen (secondary N) is 1. The molecule has 0 aromatic carbocycles. The number of anilines is 1. The molecule has 1 unspecified atom stereocenters. The van der Waals surface area contributed by atoms with Crippen molar-refractivity contribution in [3.8, 4) is 6.07 Å².